The third kappa shape index (κ3) is 6.78. The number of aromatic amines is 1. The van der Waals surface area contributed by atoms with Crippen LogP contribution in [0.5, 0.6) is 0 Å². The molecule has 2 aromatic heterocycles. The van der Waals surface area contributed by atoms with Crippen molar-refractivity contribution >= 4 is 17.7 Å². The first-order valence-electron chi connectivity index (χ1n) is 12.3. The smallest absolute Gasteiger partial charge is 0.377 e. The first-order valence-corrected chi connectivity index (χ1v) is 12.3. The van der Waals surface area contributed by atoms with Gasteiger partial charge in [0.15, 0.2) is 0 Å². The summed E-state index contributed by atoms with van der Waals surface area (Å²) in [6.07, 6.45) is -7.29. The van der Waals surface area contributed by atoms with Gasteiger partial charge in [-0.05, 0) is 19.8 Å². The van der Waals surface area contributed by atoms with E-state index < -0.39 is 29.0 Å². The number of amides is 1. The van der Waals surface area contributed by atoms with Gasteiger partial charge in [0.25, 0.3) is 5.56 Å². The molecular weight excluding hydrogens is 536 g/mol. The van der Waals surface area contributed by atoms with Crippen LogP contribution in [-0.2, 0) is 21.9 Å². The number of nitrogens with zero attached hydrogens (tertiary/aromatic N) is 6. The summed E-state index contributed by atoms with van der Waals surface area (Å²) in [5.74, 6) is -0.0646. The molecule has 2 aliphatic heterocycles. The van der Waals surface area contributed by atoms with Crippen molar-refractivity contribution in [2.45, 2.75) is 50.7 Å². The van der Waals surface area contributed by atoms with Crippen molar-refractivity contribution in [1.82, 2.24) is 25.1 Å². The SMILES string of the molecule is CCO[C@@H]1C[C@@H](CCC(=O)N2CCN(c3ncc(C(F)(F)F)cn3)CC2)N(c2cc(C(F)(F)F)c(=O)[nH]n2)C1. The van der Waals surface area contributed by atoms with Crippen LogP contribution >= 0.6 is 0 Å². The summed E-state index contributed by atoms with van der Waals surface area (Å²) in [6, 6.07) is 0.372. The highest BCUT2D eigenvalue weighted by Crippen LogP contribution is 2.32. The van der Waals surface area contributed by atoms with Crippen molar-refractivity contribution in [2.75, 3.05) is 49.1 Å². The van der Waals surface area contributed by atoms with Crippen molar-refractivity contribution in [3.05, 3.63) is 39.9 Å². The molecule has 0 spiro atoms. The number of anilines is 2. The molecule has 0 bridgehead atoms. The summed E-state index contributed by atoms with van der Waals surface area (Å²) in [4.78, 5) is 37.1. The Morgan fingerprint density at radius 3 is 2.33 bits per heavy atom. The van der Waals surface area contributed by atoms with Gasteiger partial charge in [0.2, 0.25) is 11.9 Å². The lowest BCUT2D eigenvalue weighted by Gasteiger charge is -2.35. The normalized spacial score (nSPS) is 20.5. The minimum atomic E-state index is -4.84. The van der Waals surface area contributed by atoms with Crippen molar-refractivity contribution in [3.8, 4) is 0 Å². The second-order valence-corrected chi connectivity index (χ2v) is 9.26. The Bertz CT molecular complexity index is 1200. The standard InChI is InChI=1S/C23H27F6N7O3/c1-2-39-16-9-15(36(13-16)18-10-17(23(27,28)29)20(38)33-32-18)3-4-19(37)34-5-7-35(8-6-34)21-30-11-14(12-31-21)22(24,25)26/h10-12,15-16H,2-9,13H2,1H3,(H,33,38)/t15-,16-/m1/s1. The molecule has 1 amide bonds. The van der Waals surface area contributed by atoms with Crippen LogP contribution in [0, 0.1) is 0 Å². The van der Waals surface area contributed by atoms with Crippen LogP contribution in [0.25, 0.3) is 0 Å². The summed E-state index contributed by atoms with van der Waals surface area (Å²) in [6.45, 7) is 3.77. The molecule has 2 aromatic rings. The van der Waals surface area contributed by atoms with Gasteiger partial charge in [0, 0.05) is 70.3 Å². The Kier molecular flexibility index (Phi) is 8.32. The summed E-state index contributed by atoms with van der Waals surface area (Å²) < 4.78 is 83.7. The first-order chi connectivity index (χ1) is 18.4. The topological polar surface area (TPSA) is 108 Å². The number of ether oxygens (including phenoxy) is 1. The number of H-pyrrole nitrogens is 1. The molecule has 1 N–H and O–H groups in total. The third-order valence-corrected chi connectivity index (χ3v) is 6.74. The van der Waals surface area contributed by atoms with Crippen molar-refractivity contribution in [3.63, 3.8) is 0 Å². The molecule has 214 valence electrons. The van der Waals surface area contributed by atoms with E-state index in [0.29, 0.717) is 51.7 Å². The van der Waals surface area contributed by atoms with Gasteiger partial charge in [-0.2, -0.15) is 31.4 Å². The maximum absolute atomic E-state index is 13.3. The number of halogens is 6. The Hall–Kier alpha value is -3.43. The number of carbonyl (C=O) groups is 1. The fourth-order valence-electron chi connectivity index (χ4n) is 4.77. The van der Waals surface area contributed by atoms with E-state index in [-0.39, 0.29) is 42.8 Å². The van der Waals surface area contributed by atoms with E-state index in [4.69, 9.17) is 4.74 Å². The highest BCUT2D eigenvalue weighted by Gasteiger charge is 2.38. The molecule has 2 saturated heterocycles. The molecule has 2 aliphatic rings. The quantitative estimate of drug-likeness (QED) is 0.513. The number of aromatic nitrogens is 4. The van der Waals surface area contributed by atoms with Crippen LogP contribution in [-0.4, -0.2) is 82.4 Å². The molecular formula is C23H27F6N7O3. The molecule has 4 heterocycles. The molecule has 0 unspecified atom stereocenters. The number of rotatable bonds is 7. The zero-order chi connectivity index (χ0) is 28.4. The van der Waals surface area contributed by atoms with Gasteiger partial charge in [-0.3, -0.25) is 9.59 Å². The van der Waals surface area contributed by atoms with E-state index in [2.05, 4.69) is 15.1 Å². The summed E-state index contributed by atoms with van der Waals surface area (Å²) in [5.41, 5.74) is -3.63. The van der Waals surface area contributed by atoms with Gasteiger partial charge < -0.3 is 19.4 Å². The average Bonchev–Trinajstić information content (AvgIpc) is 3.29. The van der Waals surface area contributed by atoms with Crippen LogP contribution in [0.2, 0.25) is 0 Å². The summed E-state index contributed by atoms with van der Waals surface area (Å²) in [5, 5.41) is 5.72. The zero-order valence-corrected chi connectivity index (χ0v) is 20.9. The van der Waals surface area contributed by atoms with Gasteiger partial charge in [-0.1, -0.05) is 0 Å². The van der Waals surface area contributed by atoms with Crippen LogP contribution in [0.4, 0.5) is 38.1 Å². The van der Waals surface area contributed by atoms with E-state index in [1.54, 1.807) is 21.6 Å². The van der Waals surface area contributed by atoms with Crippen LogP contribution < -0.4 is 15.4 Å². The lowest BCUT2D eigenvalue weighted by atomic mass is 10.1. The van der Waals surface area contributed by atoms with Crippen molar-refractivity contribution in [1.29, 1.82) is 0 Å². The predicted molar refractivity (Wildman–Crippen MR) is 126 cm³/mol. The van der Waals surface area contributed by atoms with Crippen LogP contribution in [0.15, 0.2) is 23.3 Å². The van der Waals surface area contributed by atoms with Crippen molar-refractivity contribution < 1.29 is 35.9 Å². The molecule has 10 nitrogen and oxygen atoms in total. The molecule has 0 saturated carbocycles. The van der Waals surface area contributed by atoms with E-state index in [1.807, 2.05) is 5.10 Å². The molecule has 4 rings (SSSR count). The molecule has 39 heavy (non-hydrogen) atoms. The second-order valence-electron chi connectivity index (χ2n) is 9.26. The van der Waals surface area contributed by atoms with Gasteiger partial charge in [-0.25, -0.2) is 15.1 Å². The number of hydrogen-bond donors (Lipinski definition) is 1. The van der Waals surface area contributed by atoms with Gasteiger partial charge in [-0.15, -0.1) is 0 Å². The van der Waals surface area contributed by atoms with Gasteiger partial charge in [0.05, 0.1) is 11.7 Å². The van der Waals surface area contributed by atoms with Crippen LogP contribution in [0.3, 0.4) is 0 Å². The summed E-state index contributed by atoms with van der Waals surface area (Å²) >= 11 is 0. The highest BCUT2D eigenvalue weighted by atomic mass is 19.4. The molecule has 2 atom stereocenters. The maximum Gasteiger partial charge on any atom is 0.421 e. The molecule has 0 radical (unpaired) electrons. The molecule has 16 heteroatoms. The predicted octanol–water partition coefficient (Wildman–Crippen LogP) is 2.71. The Labute approximate surface area is 219 Å². The lowest BCUT2D eigenvalue weighted by Crippen LogP contribution is -2.49. The Balaban J connectivity index is 1.36. The first kappa shape index (κ1) is 28.6. The second kappa shape index (κ2) is 11.4. The Morgan fingerprint density at radius 2 is 1.74 bits per heavy atom. The maximum atomic E-state index is 13.3. The Morgan fingerprint density at radius 1 is 1.08 bits per heavy atom. The van der Waals surface area contributed by atoms with Gasteiger partial charge in [0.1, 0.15) is 11.4 Å². The van der Waals surface area contributed by atoms with E-state index >= 15 is 0 Å². The number of nitrogens with one attached hydrogen (secondary N) is 1. The minimum Gasteiger partial charge on any atom is -0.377 e. The zero-order valence-electron chi connectivity index (χ0n) is 20.9. The number of carbonyl (C=O) groups excluding carboxylic acids is 1. The third-order valence-electron chi connectivity index (χ3n) is 6.74. The fourth-order valence-corrected chi connectivity index (χ4v) is 4.77. The summed E-state index contributed by atoms with van der Waals surface area (Å²) in [7, 11) is 0. The van der Waals surface area contributed by atoms with Crippen LogP contribution in [0.1, 0.15) is 37.3 Å². The average molecular weight is 564 g/mol. The molecule has 2 fully saturated rings. The van der Waals surface area contributed by atoms with E-state index in [1.165, 1.54) is 0 Å². The monoisotopic (exact) mass is 563 g/mol. The number of piperazine rings is 1. The fraction of sp³-hybridized carbons (Fsp3) is 0.609. The van der Waals surface area contributed by atoms with Gasteiger partial charge >= 0.3 is 12.4 Å². The molecule has 0 aromatic carbocycles. The minimum absolute atomic E-state index is 0.0493. The molecule has 0 aliphatic carbocycles. The largest absolute Gasteiger partial charge is 0.421 e. The van der Waals surface area contributed by atoms with Crippen molar-refractivity contribution in [2.24, 2.45) is 0 Å². The number of hydrogen-bond acceptors (Lipinski definition) is 8. The lowest BCUT2D eigenvalue weighted by molar-refractivity contribution is -0.139. The van der Waals surface area contributed by atoms with E-state index in [9.17, 15) is 35.9 Å². The number of alkyl halides is 6. The highest BCUT2D eigenvalue weighted by molar-refractivity contribution is 5.76. The van der Waals surface area contributed by atoms with E-state index in [0.717, 1.165) is 12.4 Å².